The van der Waals surface area contributed by atoms with Crippen LogP contribution in [-0.2, 0) is 12.4 Å². The van der Waals surface area contributed by atoms with E-state index >= 15 is 0 Å². The normalized spacial score (nSPS) is 12.6. The summed E-state index contributed by atoms with van der Waals surface area (Å²) in [6, 6.07) is 4.52. The number of furan rings is 1. The van der Waals surface area contributed by atoms with Crippen LogP contribution in [0.5, 0.6) is 0 Å². The Bertz CT molecular complexity index is 918. The molecule has 0 spiro atoms. The van der Waals surface area contributed by atoms with E-state index < -0.39 is 29.2 Å². The molecule has 2 heterocycles. The van der Waals surface area contributed by atoms with E-state index in [0.29, 0.717) is 11.5 Å². The van der Waals surface area contributed by atoms with E-state index in [4.69, 9.17) is 4.42 Å². The van der Waals surface area contributed by atoms with Gasteiger partial charge in [0, 0.05) is 11.6 Å². The van der Waals surface area contributed by atoms with Gasteiger partial charge in [0.1, 0.15) is 0 Å². The van der Waals surface area contributed by atoms with Gasteiger partial charge in [-0.25, -0.2) is 4.98 Å². The Morgan fingerprint density at radius 3 is 2.32 bits per heavy atom. The number of rotatable bonds is 2. The average Bonchev–Trinajstić information content (AvgIpc) is 3.00. The summed E-state index contributed by atoms with van der Waals surface area (Å²) < 4.78 is 84.2. The lowest BCUT2D eigenvalue weighted by molar-refractivity contribution is -0.142. The lowest BCUT2D eigenvalue weighted by atomic mass is 10.1. The highest BCUT2D eigenvalue weighted by molar-refractivity contribution is 9.10. The minimum absolute atomic E-state index is 0.0206. The molecular formula is C15H7BrF6N2O. The van der Waals surface area contributed by atoms with E-state index in [9.17, 15) is 26.3 Å². The van der Waals surface area contributed by atoms with Crippen LogP contribution in [-0.4, -0.2) is 4.98 Å². The fraction of sp³-hybridized carbons (Fsp3) is 0.133. The van der Waals surface area contributed by atoms with E-state index in [1.807, 2.05) is 0 Å². The molecule has 3 rings (SSSR count). The summed E-state index contributed by atoms with van der Waals surface area (Å²) >= 11 is 2.95. The van der Waals surface area contributed by atoms with Gasteiger partial charge in [-0.15, -0.1) is 0 Å². The molecule has 3 nitrogen and oxygen atoms in total. The van der Waals surface area contributed by atoms with Crippen molar-refractivity contribution in [3.63, 3.8) is 0 Å². The number of fused-ring (bicyclic) bond motifs is 1. The number of halogens is 7. The van der Waals surface area contributed by atoms with Gasteiger partial charge in [-0.2, -0.15) is 26.3 Å². The smallest absolute Gasteiger partial charge is 0.418 e. The summed E-state index contributed by atoms with van der Waals surface area (Å²) in [5.74, 6) is -0.0206. The highest BCUT2D eigenvalue weighted by Gasteiger charge is 2.39. The number of benzene rings is 1. The molecule has 0 unspecified atom stereocenters. The molecule has 0 saturated carbocycles. The predicted octanol–water partition coefficient (Wildman–Crippen LogP) is 6.31. The molecule has 0 saturated heterocycles. The Kier molecular flexibility index (Phi) is 4.18. The maximum atomic E-state index is 13.3. The van der Waals surface area contributed by atoms with Gasteiger partial charge < -0.3 is 4.42 Å². The maximum Gasteiger partial charge on any atom is 0.418 e. The van der Waals surface area contributed by atoms with Crippen molar-refractivity contribution in [2.45, 2.75) is 12.4 Å². The minimum Gasteiger partial charge on any atom is -0.460 e. The molecule has 1 aromatic carbocycles. The molecule has 0 bridgehead atoms. The van der Waals surface area contributed by atoms with Crippen LogP contribution in [0.3, 0.4) is 0 Å². The van der Waals surface area contributed by atoms with Gasteiger partial charge in [-0.05, 0) is 30.3 Å². The van der Waals surface area contributed by atoms with E-state index in [1.165, 1.54) is 12.5 Å². The quantitative estimate of drug-likeness (QED) is 0.356. The van der Waals surface area contributed by atoms with Gasteiger partial charge in [0.05, 0.1) is 39.2 Å². The van der Waals surface area contributed by atoms with Gasteiger partial charge in [0.25, 0.3) is 0 Å². The summed E-state index contributed by atoms with van der Waals surface area (Å²) in [7, 11) is 0. The van der Waals surface area contributed by atoms with Crippen LogP contribution in [0.4, 0.5) is 37.8 Å². The number of aromatic nitrogens is 1. The van der Waals surface area contributed by atoms with Crippen LogP contribution in [0.2, 0.25) is 0 Å². The molecule has 0 aliphatic carbocycles. The molecular weight excluding hydrogens is 418 g/mol. The predicted molar refractivity (Wildman–Crippen MR) is 81.5 cm³/mol. The van der Waals surface area contributed by atoms with Gasteiger partial charge in [0.15, 0.2) is 11.4 Å². The zero-order valence-electron chi connectivity index (χ0n) is 12.0. The number of hydrogen-bond donors (Lipinski definition) is 0. The first-order chi connectivity index (χ1) is 11.6. The second-order valence-corrected chi connectivity index (χ2v) is 5.69. The number of alkyl halides is 6. The molecule has 2 aromatic heterocycles. The number of nitrogens with zero attached hydrogens (tertiary/aromatic N) is 2. The minimum atomic E-state index is -5.00. The highest BCUT2D eigenvalue weighted by atomic mass is 79.9. The van der Waals surface area contributed by atoms with Crippen LogP contribution in [0.1, 0.15) is 11.1 Å². The van der Waals surface area contributed by atoms with Crippen molar-refractivity contribution in [2.24, 2.45) is 0 Å². The van der Waals surface area contributed by atoms with Crippen LogP contribution in [0.25, 0.3) is 11.0 Å². The van der Waals surface area contributed by atoms with Gasteiger partial charge in [-0.3, -0.25) is 3.93 Å². The van der Waals surface area contributed by atoms with Crippen molar-refractivity contribution in [3.8, 4) is 0 Å². The van der Waals surface area contributed by atoms with E-state index in [0.717, 1.165) is 9.99 Å². The first-order valence-corrected chi connectivity index (χ1v) is 7.36. The van der Waals surface area contributed by atoms with Crippen molar-refractivity contribution in [3.05, 3.63) is 53.9 Å². The molecule has 0 aliphatic heterocycles. The van der Waals surface area contributed by atoms with Crippen molar-refractivity contribution in [1.29, 1.82) is 0 Å². The first kappa shape index (κ1) is 17.6. The maximum absolute atomic E-state index is 13.3. The number of pyridine rings is 1. The number of anilines is 2. The Labute approximate surface area is 145 Å². The Morgan fingerprint density at radius 2 is 1.68 bits per heavy atom. The fourth-order valence-corrected chi connectivity index (χ4v) is 2.81. The zero-order chi connectivity index (χ0) is 18.4. The fourth-order valence-electron chi connectivity index (χ4n) is 2.24. The second kappa shape index (κ2) is 5.94. The standard InChI is InChI=1S/C15H7BrF6N2O/c16-24(13-12-8(3-5-23-13)4-6-25-12)11-2-1-9(14(17,18)19)7-10(11)15(20,21)22/h1-7H. The lowest BCUT2D eigenvalue weighted by Crippen LogP contribution is -2.16. The SMILES string of the molecule is FC(F)(F)c1ccc(N(Br)c2nccc3ccoc23)c(C(F)(F)F)c1. The Morgan fingerprint density at radius 1 is 0.960 bits per heavy atom. The molecule has 10 heteroatoms. The molecule has 0 amide bonds. The van der Waals surface area contributed by atoms with Crippen molar-refractivity contribution in [1.82, 2.24) is 4.98 Å². The summed E-state index contributed by atoms with van der Waals surface area (Å²) in [6.45, 7) is 0. The monoisotopic (exact) mass is 424 g/mol. The Balaban J connectivity index is 2.17. The third kappa shape index (κ3) is 3.30. The van der Waals surface area contributed by atoms with E-state index in [-0.39, 0.29) is 17.5 Å². The molecule has 0 radical (unpaired) electrons. The molecule has 0 fully saturated rings. The van der Waals surface area contributed by atoms with E-state index in [2.05, 4.69) is 21.1 Å². The summed E-state index contributed by atoms with van der Waals surface area (Å²) in [5, 5.41) is 0.579. The molecule has 25 heavy (non-hydrogen) atoms. The molecule has 132 valence electrons. The highest BCUT2D eigenvalue weighted by Crippen LogP contribution is 2.44. The lowest BCUT2D eigenvalue weighted by Gasteiger charge is -2.21. The summed E-state index contributed by atoms with van der Waals surface area (Å²) in [6.07, 6.45) is -7.22. The van der Waals surface area contributed by atoms with Crippen LogP contribution >= 0.6 is 16.1 Å². The Hall–Kier alpha value is -2.23. The molecule has 3 aromatic rings. The molecule has 0 atom stereocenters. The summed E-state index contributed by atoms with van der Waals surface area (Å²) in [5.41, 5.74) is -3.21. The van der Waals surface area contributed by atoms with Crippen LogP contribution in [0.15, 0.2) is 47.2 Å². The van der Waals surface area contributed by atoms with Crippen LogP contribution < -0.4 is 3.93 Å². The third-order valence-electron chi connectivity index (χ3n) is 3.38. The van der Waals surface area contributed by atoms with Gasteiger partial charge >= 0.3 is 12.4 Å². The molecule has 0 aliphatic rings. The van der Waals surface area contributed by atoms with Crippen molar-refractivity contribution in [2.75, 3.05) is 3.93 Å². The van der Waals surface area contributed by atoms with Crippen molar-refractivity contribution >= 4 is 38.6 Å². The summed E-state index contributed by atoms with van der Waals surface area (Å²) in [4.78, 5) is 3.95. The third-order valence-corrected chi connectivity index (χ3v) is 4.09. The first-order valence-electron chi connectivity index (χ1n) is 6.65. The number of hydrogen-bond acceptors (Lipinski definition) is 3. The van der Waals surface area contributed by atoms with E-state index in [1.54, 1.807) is 12.1 Å². The van der Waals surface area contributed by atoms with Crippen LogP contribution in [0, 0.1) is 0 Å². The van der Waals surface area contributed by atoms with Crippen molar-refractivity contribution < 1.29 is 30.8 Å². The zero-order valence-corrected chi connectivity index (χ0v) is 13.6. The van der Waals surface area contributed by atoms with Gasteiger partial charge in [0.2, 0.25) is 0 Å². The topological polar surface area (TPSA) is 29.3 Å². The largest absolute Gasteiger partial charge is 0.460 e. The molecule has 0 N–H and O–H groups in total. The average molecular weight is 425 g/mol. The second-order valence-electron chi connectivity index (χ2n) is 4.98. The van der Waals surface area contributed by atoms with Gasteiger partial charge in [-0.1, -0.05) is 0 Å².